The van der Waals surface area contributed by atoms with Crippen LogP contribution in [-0.4, -0.2) is 118 Å². The number of aromatic nitrogens is 3. The minimum atomic E-state index is -0.932. The summed E-state index contributed by atoms with van der Waals surface area (Å²) in [4.78, 5) is 56.9. The lowest BCUT2D eigenvalue weighted by Crippen LogP contribution is -2.57. The Kier molecular flexibility index (Phi) is 12.2. The van der Waals surface area contributed by atoms with E-state index in [4.69, 9.17) is 44.8 Å². The standard InChI is InChI=1S/C48H49F2N7O10/c1-6-35-38(49)15-8-28-20-34(65-27-62-5)21-36(39(28)35)41-40(50)42-37(22-51-41)43(54-23-30-9-10-31(24-54)56(30)45(58)67-47(2,3)4)53-44(52-42)64-26-48-17-7-19-55(48)32(16-18-48)25-63-46(59)66-33-13-11-29(12-14-33)57(60)61/h1,8,11-15,20-22,30-32H,7,9-10,16-19,23-27H2,2-5H3/t30?,31?,32-,48-/m0/s1. The molecule has 2 aromatic heterocycles. The van der Waals surface area contributed by atoms with Gasteiger partial charge in [0.25, 0.3) is 5.69 Å². The van der Waals surface area contributed by atoms with Gasteiger partial charge in [0.05, 0.1) is 33.5 Å². The third kappa shape index (κ3) is 8.90. The van der Waals surface area contributed by atoms with Gasteiger partial charge in [0.1, 0.15) is 53.2 Å². The van der Waals surface area contributed by atoms with Crippen LogP contribution in [0.1, 0.15) is 64.9 Å². The van der Waals surface area contributed by atoms with Crippen molar-refractivity contribution in [1.82, 2.24) is 24.8 Å². The van der Waals surface area contributed by atoms with Crippen molar-refractivity contribution in [3.63, 3.8) is 0 Å². The molecular formula is C48H49F2N7O10. The number of hydrogen-bond acceptors (Lipinski definition) is 15. The zero-order valence-electron chi connectivity index (χ0n) is 37.5. The monoisotopic (exact) mass is 921 g/mol. The molecule has 19 heteroatoms. The van der Waals surface area contributed by atoms with Crippen LogP contribution in [0, 0.1) is 34.1 Å². The smallest absolute Gasteiger partial charge is 0.468 e. The van der Waals surface area contributed by atoms with E-state index >= 15 is 8.78 Å². The predicted molar refractivity (Wildman–Crippen MR) is 240 cm³/mol. The number of amides is 1. The Morgan fingerprint density at radius 1 is 1.00 bits per heavy atom. The van der Waals surface area contributed by atoms with Crippen LogP contribution in [0.5, 0.6) is 17.5 Å². The number of ether oxygens (including phenoxy) is 6. The minimum Gasteiger partial charge on any atom is -0.468 e. The van der Waals surface area contributed by atoms with E-state index in [1.54, 1.807) is 11.0 Å². The van der Waals surface area contributed by atoms with Crippen LogP contribution < -0.4 is 19.1 Å². The Morgan fingerprint density at radius 3 is 2.46 bits per heavy atom. The van der Waals surface area contributed by atoms with Crippen molar-refractivity contribution in [2.75, 3.05) is 51.7 Å². The third-order valence-corrected chi connectivity index (χ3v) is 13.0. The minimum absolute atomic E-state index is 0.0421. The van der Waals surface area contributed by atoms with E-state index in [0.717, 1.165) is 25.7 Å². The highest BCUT2D eigenvalue weighted by Crippen LogP contribution is 2.44. The van der Waals surface area contributed by atoms with Gasteiger partial charge in [-0.05, 0) is 102 Å². The molecule has 0 aliphatic carbocycles. The first kappa shape index (κ1) is 45.3. The lowest BCUT2D eigenvalue weighted by molar-refractivity contribution is -0.384. The van der Waals surface area contributed by atoms with Crippen molar-refractivity contribution in [2.24, 2.45) is 0 Å². The highest BCUT2D eigenvalue weighted by molar-refractivity contribution is 6.03. The normalized spacial score (nSPS) is 21.3. The number of nitro groups is 1. The van der Waals surface area contributed by atoms with Crippen LogP contribution in [0.25, 0.3) is 32.9 Å². The number of halogens is 2. The number of methoxy groups -OCH3 is 1. The number of benzene rings is 3. The molecule has 2 unspecified atom stereocenters. The van der Waals surface area contributed by atoms with Crippen molar-refractivity contribution >= 4 is 45.4 Å². The molecule has 17 nitrogen and oxygen atoms in total. The average molecular weight is 922 g/mol. The summed E-state index contributed by atoms with van der Waals surface area (Å²) in [7, 11) is 1.47. The number of rotatable bonds is 12. The van der Waals surface area contributed by atoms with Gasteiger partial charge in [0, 0.05) is 55.5 Å². The maximum atomic E-state index is 17.6. The first-order valence-electron chi connectivity index (χ1n) is 22.1. The molecule has 67 heavy (non-hydrogen) atoms. The van der Waals surface area contributed by atoms with Gasteiger partial charge in [-0.15, -0.1) is 6.42 Å². The van der Waals surface area contributed by atoms with Gasteiger partial charge in [0.2, 0.25) is 0 Å². The predicted octanol–water partition coefficient (Wildman–Crippen LogP) is 8.17. The largest absolute Gasteiger partial charge is 0.513 e. The summed E-state index contributed by atoms with van der Waals surface area (Å²) >= 11 is 0. The van der Waals surface area contributed by atoms with E-state index < -0.39 is 33.9 Å². The third-order valence-electron chi connectivity index (χ3n) is 13.0. The molecule has 1 amide bonds. The topological polar surface area (TPSA) is 181 Å². The van der Waals surface area contributed by atoms with E-state index in [2.05, 4.69) is 15.8 Å². The number of carbonyl (C=O) groups is 2. The molecule has 350 valence electrons. The molecule has 4 aliphatic heterocycles. The molecule has 4 saturated heterocycles. The molecule has 4 atom stereocenters. The maximum absolute atomic E-state index is 17.6. The second-order valence-corrected chi connectivity index (χ2v) is 18.3. The molecule has 0 radical (unpaired) electrons. The van der Waals surface area contributed by atoms with Crippen LogP contribution in [0.2, 0.25) is 0 Å². The molecule has 0 N–H and O–H groups in total. The molecule has 4 aliphatic rings. The van der Waals surface area contributed by atoms with Crippen molar-refractivity contribution in [1.29, 1.82) is 0 Å². The second kappa shape index (κ2) is 18.1. The first-order valence-corrected chi connectivity index (χ1v) is 22.1. The number of anilines is 1. The van der Waals surface area contributed by atoms with E-state index in [-0.39, 0.29) is 89.4 Å². The number of nitrogens with zero attached hydrogens (tertiary/aromatic N) is 7. The number of pyridine rings is 1. The summed E-state index contributed by atoms with van der Waals surface area (Å²) in [6.45, 7) is 7.05. The maximum Gasteiger partial charge on any atom is 0.513 e. The number of fused-ring (bicyclic) bond motifs is 5. The lowest BCUT2D eigenvalue weighted by atomic mass is 9.95. The Hall–Kier alpha value is -6.91. The van der Waals surface area contributed by atoms with Crippen LogP contribution in [0.4, 0.5) is 29.9 Å². The van der Waals surface area contributed by atoms with Gasteiger partial charge >= 0.3 is 18.3 Å². The zero-order chi connectivity index (χ0) is 47.2. The molecule has 5 aromatic rings. The van der Waals surface area contributed by atoms with E-state index in [1.165, 1.54) is 55.8 Å². The average Bonchev–Trinajstić information content (AvgIpc) is 3.95. The van der Waals surface area contributed by atoms with Crippen LogP contribution in [-0.2, 0) is 14.2 Å². The highest BCUT2D eigenvalue weighted by atomic mass is 19.1. The summed E-state index contributed by atoms with van der Waals surface area (Å²) in [5.74, 6) is 1.75. The number of terminal acetylenes is 1. The molecule has 6 heterocycles. The molecule has 9 rings (SSSR count). The van der Waals surface area contributed by atoms with Crippen LogP contribution in [0.3, 0.4) is 0 Å². The summed E-state index contributed by atoms with van der Waals surface area (Å²) in [6, 6.07) is 10.5. The van der Waals surface area contributed by atoms with Crippen molar-refractivity contribution < 1.29 is 51.7 Å². The fraction of sp³-hybridized carbons (Fsp3) is 0.438. The Labute approximate surface area is 384 Å². The second-order valence-electron chi connectivity index (χ2n) is 18.3. The fourth-order valence-electron chi connectivity index (χ4n) is 10.1. The quantitative estimate of drug-likeness (QED) is 0.0292. The summed E-state index contributed by atoms with van der Waals surface area (Å²) in [5, 5.41) is 12.1. The van der Waals surface area contributed by atoms with Crippen LogP contribution >= 0.6 is 0 Å². The van der Waals surface area contributed by atoms with Crippen molar-refractivity contribution in [2.45, 2.75) is 88.6 Å². The van der Waals surface area contributed by atoms with Crippen LogP contribution in [0.15, 0.2) is 54.7 Å². The lowest BCUT2D eigenvalue weighted by Gasteiger charge is -2.42. The number of non-ortho nitro benzene ring substituents is 1. The molecular weight excluding hydrogens is 873 g/mol. The summed E-state index contributed by atoms with van der Waals surface area (Å²) in [5.41, 5.74) is -1.42. The number of carbonyl (C=O) groups excluding carboxylic acids is 2. The van der Waals surface area contributed by atoms with Gasteiger partial charge in [-0.3, -0.25) is 24.9 Å². The number of piperazine rings is 1. The Morgan fingerprint density at radius 2 is 1.76 bits per heavy atom. The Bertz CT molecular complexity index is 2790. The van der Waals surface area contributed by atoms with Gasteiger partial charge in [0.15, 0.2) is 12.6 Å². The van der Waals surface area contributed by atoms with Gasteiger partial charge in [-0.2, -0.15) is 9.97 Å². The van der Waals surface area contributed by atoms with Crippen molar-refractivity contribution in [3.8, 4) is 41.1 Å². The molecule has 3 aromatic carbocycles. The zero-order valence-corrected chi connectivity index (χ0v) is 37.5. The Balaban J connectivity index is 1.04. The molecule has 2 bridgehead atoms. The molecule has 4 fully saturated rings. The highest BCUT2D eigenvalue weighted by Gasteiger charge is 2.50. The fourth-order valence-corrected chi connectivity index (χ4v) is 10.1. The van der Waals surface area contributed by atoms with E-state index in [0.29, 0.717) is 54.8 Å². The number of nitro benzene ring substituents is 1. The summed E-state index contributed by atoms with van der Waals surface area (Å²) in [6.07, 6.45) is 10.5. The van der Waals surface area contributed by atoms with Gasteiger partial charge in [-0.25, -0.2) is 18.4 Å². The van der Waals surface area contributed by atoms with E-state index in [1.807, 2.05) is 25.7 Å². The SMILES string of the molecule is C#Cc1c(F)ccc2cc(OCOC)cc(-c3ncc4c(N5CC6CCC(C5)N6C(=O)OC(C)(C)C)nc(OC[C@@]56CCCN5[C@H](COC(=O)Oc5ccc([N+](=O)[O-])cc5)CC6)nc4c3F)c12. The van der Waals surface area contributed by atoms with Gasteiger partial charge in [-0.1, -0.05) is 12.0 Å². The first-order chi connectivity index (χ1) is 32.1. The molecule has 0 saturated carbocycles. The van der Waals surface area contributed by atoms with Crippen molar-refractivity contribution in [3.05, 3.63) is 82.0 Å². The van der Waals surface area contributed by atoms with Gasteiger partial charge < -0.3 is 33.3 Å². The summed E-state index contributed by atoms with van der Waals surface area (Å²) < 4.78 is 66.9. The molecule has 0 spiro atoms. The van der Waals surface area contributed by atoms with E-state index in [9.17, 15) is 19.7 Å². The number of hydrogen-bond donors (Lipinski definition) is 0.